The second-order valence-corrected chi connectivity index (χ2v) is 4.96. The predicted octanol–water partition coefficient (Wildman–Crippen LogP) is 4.80. The fourth-order valence-electron chi connectivity index (χ4n) is 2.24. The molecule has 0 heterocycles. The van der Waals surface area contributed by atoms with Gasteiger partial charge in [-0.2, -0.15) is 0 Å². The van der Waals surface area contributed by atoms with E-state index in [-0.39, 0.29) is 5.84 Å². The molecule has 0 unspecified atom stereocenters. The second kappa shape index (κ2) is 6.64. The summed E-state index contributed by atoms with van der Waals surface area (Å²) in [5, 5.41) is 8.00. The van der Waals surface area contributed by atoms with Gasteiger partial charge in [-0.3, -0.25) is 5.41 Å². The van der Waals surface area contributed by atoms with E-state index in [1.807, 2.05) is 60.7 Å². The van der Waals surface area contributed by atoms with Gasteiger partial charge in [0.05, 0.1) is 0 Å². The number of nitrogens with one attached hydrogen (secondary N) is 1. The molecular weight excluding hydrogens is 268 g/mol. The zero-order valence-corrected chi connectivity index (χ0v) is 12.1. The molecule has 0 aromatic heterocycles. The van der Waals surface area contributed by atoms with Crippen LogP contribution in [0, 0.1) is 5.41 Å². The SMILES string of the molecule is N=C(N=Cc1cccc(-c2ccccc2)c1)c1ccccc1. The minimum atomic E-state index is 0.269. The van der Waals surface area contributed by atoms with Gasteiger partial charge in [0.15, 0.2) is 5.84 Å². The molecule has 0 saturated heterocycles. The number of aliphatic imine (C=N–C) groups is 1. The Hall–Kier alpha value is -3.00. The molecule has 0 aliphatic rings. The summed E-state index contributed by atoms with van der Waals surface area (Å²) >= 11 is 0. The van der Waals surface area contributed by atoms with Crippen molar-refractivity contribution in [3.05, 3.63) is 96.1 Å². The molecule has 3 rings (SSSR count). The lowest BCUT2D eigenvalue weighted by Crippen LogP contribution is -1.95. The summed E-state index contributed by atoms with van der Waals surface area (Å²) in [6.07, 6.45) is 1.74. The Morgan fingerprint density at radius 3 is 2.09 bits per heavy atom. The molecule has 1 N–H and O–H groups in total. The first-order valence-electron chi connectivity index (χ1n) is 7.16. The van der Waals surface area contributed by atoms with Crippen molar-refractivity contribution < 1.29 is 0 Å². The van der Waals surface area contributed by atoms with Crippen molar-refractivity contribution in [2.24, 2.45) is 4.99 Å². The molecule has 106 valence electrons. The third-order valence-electron chi connectivity index (χ3n) is 3.38. The smallest absolute Gasteiger partial charge is 0.151 e. The number of hydrogen-bond donors (Lipinski definition) is 1. The normalized spacial score (nSPS) is 10.7. The molecule has 3 aromatic rings. The van der Waals surface area contributed by atoms with Crippen LogP contribution in [-0.2, 0) is 0 Å². The average molecular weight is 284 g/mol. The monoisotopic (exact) mass is 284 g/mol. The lowest BCUT2D eigenvalue weighted by atomic mass is 10.0. The summed E-state index contributed by atoms with van der Waals surface area (Å²) in [6.45, 7) is 0. The van der Waals surface area contributed by atoms with E-state index in [4.69, 9.17) is 5.41 Å². The van der Waals surface area contributed by atoms with E-state index in [9.17, 15) is 0 Å². The average Bonchev–Trinajstić information content (AvgIpc) is 2.61. The maximum atomic E-state index is 8.00. The van der Waals surface area contributed by atoms with Crippen molar-refractivity contribution in [1.82, 2.24) is 0 Å². The summed E-state index contributed by atoms with van der Waals surface area (Å²) in [4.78, 5) is 4.26. The highest BCUT2D eigenvalue weighted by atomic mass is 14.8. The van der Waals surface area contributed by atoms with E-state index in [0.29, 0.717) is 0 Å². The first-order chi connectivity index (χ1) is 10.8. The summed E-state index contributed by atoms with van der Waals surface area (Å²) in [7, 11) is 0. The Labute approximate surface area is 130 Å². The molecule has 0 saturated carbocycles. The Kier molecular flexibility index (Phi) is 4.21. The molecule has 0 radical (unpaired) electrons. The zero-order chi connectivity index (χ0) is 15.2. The van der Waals surface area contributed by atoms with Crippen LogP contribution in [0.25, 0.3) is 11.1 Å². The van der Waals surface area contributed by atoms with Gasteiger partial charge < -0.3 is 0 Å². The maximum Gasteiger partial charge on any atom is 0.151 e. The summed E-state index contributed by atoms with van der Waals surface area (Å²) < 4.78 is 0. The van der Waals surface area contributed by atoms with E-state index < -0.39 is 0 Å². The van der Waals surface area contributed by atoms with Gasteiger partial charge in [-0.25, -0.2) is 4.99 Å². The lowest BCUT2D eigenvalue weighted by molar-refractivity contribution is 1.42. The number of nitrogens with zero attached hydrogens (tertiary/aromatic N) is 1. The van der Waals surface area contributed by atoms with Crippen molar-refractivity contribution in [2.45, 2.75) is 0 Å². The van der Waals surface area contributed by atoms with Crippen molar-refractivity contribution in [1.29, 1.82) is 5.41 Å². The zero-order valence-electron chi connectivity index (χ0n) is 12.1. The highest BCUT2D eigenvalue weighted by Gasteiger charge is 1.99. The predicted molar refractivity (Wildman–Crippen MR) is 92.7 cm³/mol. The van der Waals surface area contributed by atoms with Crippen molar-refractivity contribution in [2.75, 3.05) is 0 Å². The molecule has 0 amide bonds. The maximum absolute atomic E-state index is 8.00. The fourth-order valence-corrected chi connectivity index (χ4v) is 2.24. The van der Waals surface area contributed by atoms with Crippen molar-refractivity contribution in [3.8, 4) is 11.1 Å². The first kappa shape index (κ1) is 14.0. The highest BCUT2D eigenvalue weighted by Crippen LogP contribution is 2.19. The summed E-state index contributed by atoms with van der Waals surface area (Å²) in [5.74, 6) is 0.269. The number of benzene rings is 3. The van der Waals surface area contributed by atoms with Gasteiger partial charge in [-0.15, -0.1) is 0 Å². The van der Waals surface area contributed by atoms with Gasteiger partial charge in [0.1, 0.15) is 0 Å². The Morgan fingerprint density at radius 1 is 0.727 bits per heavy atom. The molecule has 22 heavy (non-hydrogen) atoms. The molecule has 0 bridgehead atoms. The molecule has 2 heteroatoms. The van der Waals surface area contributed by atoms with Crippen molar-refractivity contribution in [3.63, 3.8) is 0 Å². The minimum Gasteiger partial charge on any atom is -0.282 e. The van der Waals surface area contributed by atoms with Crippen molar-refractivity contribution >= 4 is 12.1 Å². The van der Waals surface area contributed by atoms with Gasteiger partial charge in [0, 0.05) is 11.8 Å². The topological polar surface area (TPSA) is 36.2 Å². The molecule has 0 atom stereocenters. The largest absolute Gasteiger partial charge is 0.282 e. The van der Waals surface area contributed by atoms with E-state index in [0.717, 1.165) is 16.7 Å². The minimum absolute atomic E-state index is 0.269. The van der Waals surface area contributed by atoms with Crippen LogP contribution in [0.1, 0.15) is 11.1 Å². The standard InChI is InChI=1S/C20H16N2/c21-20(18-11-5-2-6-12-18)22-15-16-8-7-13-19(14-16)17-9-3-1-4-10-17/h1-15,21H. The van der Waals surface area contributed by atoms with Gasteiger partial charge in [0.25, 0.3) is 0 Å². The van der Waals surface area contributed by atoms with Crippen LogP contribution >= 0.6 is 0 Å². The summed E-state index contributed by atoms with van der Waals surface area (Å²) in [6, 6.07) is 27.9. The highest BCUT2D eigenvalue weighted by molar-refractivity contribution is 6.03. The summed E-state index contributed by atoms with van der Waals surface area (Å²) in [5.41, 5.74) is 4.13. The van der Waals surface area contributed by atoms with Crippen LogP contribution in [0.3, 0.4) is 0 Å². The van der Waals surface area contributed by atoms with E-state index in [1.165, 1.54) is 5.56 Å². The second-order valence-electron chi connectivity index (χ2n) is 4.96. The van der Waals surface area contributed by atoms with Gasteiger partial charge in [-0.05, 0) is 22.8 Å². The Morgan fingerprint density at radius 2 is 1.36 bits per heavy atom. The molecule has 3 aromatic carbocycles. The van der Waals surface area contributed by atoms with Gasteiger partial charge in [-0.1, -0.05) is 78.9 Å². The number of amidine groups is 1. The third-order valence-corrected chi connectivity index (χ3v) is 3.38. The third kappa shape index (κ3) is 3.36. The quantitative estimate of drug-likeness (QED) is 0.530. The molecule has 2 nitrogen and oxygen atoms in total. The molecule has 0 aliphatic carbocycles. The van der Waals surface area contributed by atoms with Crippen LogP contribution in [0.15, 0.2) is 89.9 Å². The molecule has 0 fully saturated rings. The number of rotatable bonds is 3. The van der Waals surface area contributed by atoms with Crippen LogP contribution in [-0.4, -0.2) is 12.1 Å². The Bertz CT molecular complexity index is 790. The Balaban J connectivity index is 1.82. The molecule has 0 spiro atoms. The van der Waals surface area contributed by atoms with E-state index >= 15 is 0 Å². The lowest BCUT2D eigenvalue weighted by Gasteiger charge is -2.02. The van der Waals surface area contributed by atoms with E-state index in [2.05, 4.69) is 29.3 Å². The van der Waals surface area contributed by atoms with Crippen LogP contribution in [0.5, 0.6) is 0 Å². The van der Waals surface area contributed by atoms with Gasteiger partial charge >= 0.3 is 0 Å². The first-order valence-corrected chi connectivity index (χ1v) is 7.16. The number of hydrogen-bond acceptors (Lipinski definition) is 1. The van der Waals surface area contributed by atoms with E-state index in [1.54, 1.807) is 6.21 Å². The van der Waals surface area contributed by atoms with Crippen LogP contribution in [0.4, 0.5) is 0 Å². The van der Waals surface area contributed by atoms with Crippen LogP contribution in [0.2, 0.25) is 0 Å². The fraction of sp³-hybridized carbons (Fsp3) is 0. The molecular formula is C20H16N2. The van der Waals surface area contributed by atoms with Gasteiger partial charge in [0.2, 0.25) is 0 Å². The molecule has 0 aliphatic heterocycles. The van der Waals surface area contributed by atoms with Crippen LogP contribution < -0.4 is 0 Å².